The van der Waals surface area contributed by atoms with Gasteiger partial charge in [0.1, 0.15) is 30.6 Å². The van der Waals surface area contributed by atoms with Crippen molar-refractivity contribution in [2.75, 3.05) is 6.54 Å². The van der Waals surface area contributed by atoms with E-state index in [9.17, 15) is 0 Å². The van der Waals surface area contributed by atoms with Crippen molar-refractivity contribution in [2.45, 2.75) is 20.8 Å². The molecule has 0 atom stereocenters. The minimum atomic E-state index is 0.806. The second-order valence-electron chi connectivity index (χ2n) is 3.46. The molecule has 1 aliphatic rings. The van der Waals surface area contributed by atoms with Gasteiger partial charge in [-0.25, -0.2) is 15.0 Å². The van der Waals surface area contributed by atoms with E-state index in [-0.39, 0.29) is 0 Å². The average Bonchev–Trinajstić information content (AvgIpc) is 3.05. The van der Waals surface area contributed by atoms with Gasteiger partial charge in [-0.3, -0.25) is 15.2 Å². The van der Waals surface area contributed by atoms with Gasteiger partial charge in [0.05, 0.1) is 6.54 Å². The van der Waals surface area contributed by atoms with Gasteiger partial charge in [-0.05, 0) is 20.8 Å². The molecule has 0 unspecified atom stereocenters. The molecule has 0 aromatic carbocycles. The second-order valence-corrected chi connectivity index (χ2v) is 3.46. The van der Waals surface area contributed by atoms with Gasteiger partial charge in [-0.15, -0.1) is 0 Å². The maximum absolute atomic E-state index is 3.86. The van der Waals surface area contributed by atoms with E-state index in [0.717, 1.165) is 23.9 Å². The molecular formula is C10H16N8. The summed E-state index contributed by atoms with van der Waals surface area (Å²) in [6.45, 7) is 6.48. The van der Waals surface area contributed by atoms with Crippen LogP contribution in [0.25, 0.3) is 0 Å². The van der Waals surface area contributed by atoms with Crippen LogP contribution in [0.2, 0.25) is 0 Å². The monoisotopic (exact) mass is 248 g/mol. The van der Waals surface area contributed by atoms with Crippen molar-refractivity contribution in [3.05, 3.63) is 24.3 Å². The molecule has 3 rings (SSSR count). The summed E-state index contributed by atoms with van der Waals surface area (Å²) in [6, 6.07) is 0. The van der Waals surface area contributed by atoms with E-state index in [1.807, 2.05) is 20.8 Å². The highest BCUT2D eigenvalue weighted by molar-refractivity contribution is 5.94. The zero-order valence-electron chi connectivity index (χ0n) is 10.6. The smallest absolute Gasteiger partial charge is 0.137 e. The molecule has 0 saturated carbocycles. The molecule has 2 aromatic rings. The fourth-order valence-electron chi connectivity index (χ4n) is 0.886. The first-order valence-corrected chi connectivity index (χ1v) is 5.34. The molecule has 0 spiro atoms. The van der Waals surface area contributed by atoms with E-state index in [2.05, 4.69) is 40.3 Å². The minimum Gasteiger partial charge on any atom is -0.267 e. The highest BCUT2D eigenvalue weighted by Gasteiger charge is 1.89. The molecule has 18 heavy (non-hydrogen) atoms. The summed E-state index contributed by atoms with van der Waals surface area (Å²) in [6.07, 6.45) is 4.56. The molecule has 3 heterocycles. The third-order valence-corrected chi connectivity index (χ3v) is 1.75. The van der Waals surface area contributed by atoms with E-state index in [1.54, 1.807) is 6.34 Å². The van der Waals surface area contributed by atoms with Crippen LogP contribution < -0.4 is 0 Å². The number of aromatic nitrogens is 6. The van der Waals surface area contributed by atoms with Crippen LogP contribution in [0.5, 0.6) is 0 Å². The van der Waals surface area contributed by atoms with Gasteiger partial charge in [-0.1, -0.05) is 0 Å². The number of nitrogens with zero attached hydrogens (tertiary/aromatic N) is 6. The lowest BCUT2D eigenvalue weighted by atomic mass is 10.4. The van der Waals surface area contributed by atoms with E-state index in [1.165, 1.54) is 12.7 Å². The van der Waals surface area contributed by atoms with Crippen molar-refractivity contribution < 1.29 is 0 Å². The number of nitrogens with one attached hydrogen (secondary N) is 2. The Hall–Kier alpha value is -2.38. The lowest BCUT2D eigenvalue weighted by molar-refractivity contribution is 1.04. The summed E-state index contributed by atoms with van der Waals surface area (Å²) < 4.78 is 0. The van der Waals surface area contributed by atoms with Crippen LogP contribution in [-0.2, 0) is 0 Å². The topological polar surface area (TPSA) is 108 Å². The summed E-state index contributed by atoms with van der Waals surface area (Å²) >= 11 is 0. The van der Waals surface area contributed by atoms with E-state index in [0.29, 0.717) is 0 Å². The normalized spacial score (nSPS) is 12.1. The number of aliphatic imine (C=N–C) groups is 2. The molecule has 96 valence electrons. The van der Waals surface area contributed by atoms with Gasteiger partial charge in [0.25, 0.3) is 0 Å². The van der Waals surface area contributed by atoms with Gasteiger partial charge in [0.2, 0.25) is 0 Å². The highest BCUT2D eigenvalue weighted by Crippen LogP contribution is 1.83. The van der Waals surface area contributed by atoms with Crippen LogP contribution in [0.1, 0.15) is 18.6 Å². The van der Waals surface area contributed by atoms with Crippen LogP contribution in [0.4, 0.5) is 0 Å². The molecule has 0 radical (unpaired) electrons. The Morgan fingerprint density at radius 2 is 1.50 bits per heavy atom. The van der Waals surface area contributed by atoms with Crippen molar-refractivity contribution >= 4 is 12.1 Å². The van der Waals surface area contributed by atoms with Gasteiger partial charge in [-0.2, -0.15) is 10.2 Å². The lowest BCUT2D eigenvalue weighted by Crippen LogP contribution is -1.87. The summed E-state index contributed by atoms with van der Waals surface area (Å²) in [4.78, 5) is 15.2. The largest absolute Gasteiger partial charge is 0.267 e. The van der Waals surface area contributed by atoms with Crippen molar-refractivity contribution in [3.63, 3.8) is 0 Å². The van der Waals surface area contributed by atoms with Crippen LogP contribution in [0, 0.1) is 13.8 Å². The minimum absolute atomic E-state index is 0.806. The van der Waals surface area contributed by atoms with Crippen LogP contribution in [0.15, 0.2) is 22.6 Å². The Balaban J connectivity index is 0.000000135. The van der Waals surface area contributed by atoms with Crippen LogP contribution in [0.3, 0.4) is 0 Å². The SMILES string of the molecule is CC1=NC=NC1.Cc1ncn[nH]1.Cc1ncn[nH]1. The highest BCUT2D eigenvalue weighted by atomic mass is 15.2. The molecule has 8 heteroatoms. The van der Waals surface area contributed by atoms with Crippen molar-refractivity contribution in [2.24, 2.45) is 9.98 Å². The maximum Gasteiger partial charge on any atom is 0.137 e. The van der Waals surface area contributed by atoms with E-state index in [4.69, 9.17) is 0 Å². The Labute approximate surface area is 105 Å². The Morgan fingerprint density at radius 1 is 0.944 bits per heavy atom. The van der Waals surface area contributed by atoms with E-state index < -0.39 is 0 Å². The fourth-order valence-corrected chi connectivity index (χ4v) is 0.886. The standard InChI is InChI=1S/C4H6N2.2C3H5N3/c1-4-2-5-3-6-4;2*1-3-4-2-5-6-3/h3H,2H2,1H3;2*2H,1H3,(H,4,5,6). The lowest BCUT2D eigenvalue weighted by Gasteiger charge is -1.75. The van der Waals surface area contributed by atoms with Gasteiger partial charge in [0.15, 0.2) is 0 Å². The third kappa shape index (κ3) is 6.26. The summed E-state index contributed by atoms with van der Waals surface area (Å²) in [5.41, 5.74) is 1.11. The zero-order chi connectivity index (χ0) is 13.2. The number of hydrogen-bond acceptors (Lipinski definition) is 6. The van der Waals surface area contributed by atoms with E-state index >= 15 is 0 Å². The number of aromatic amines is 2. The molecule has 0 fully saturated rings. The number of aryl methyl sites for hydroxylation is 2. The molecule has 2 aromatic heterocycles. The summed E-state index contributed by atoms with van der Waals surface area (Å²) in [5.74, 6) is 1.71. The molecule has 0 saturated heterocycles. The van der Waals surface area contributed by atoms with Gasteiger partial charge < -0.3 is 0 Å². The predicted molar refractivity (Wildman–Crippen MR) is 68.7 cm³/mol. The molecule has 2 N–H and O–H groups in total. The fraction of sp³-hybridized carbons (Fsp3) is 0.400. The Kier molecular flexibility index (Phi) is 5.95. The quantitative estimate of drug-likeness (QED) is 0.715. The maximum atomic E-state index is 3.86. The van der Waals surface area contributed by atoms with Gasteiger partial charge in [0, 0.05) is 5.71 Å². The second kappa shape index (κ2) is 7.82. The predicted octanol–water partition coefficient (Wildman–Crippen LogP) is 0.715. The zero-order valence-corrected chi connectivity index (χ0v) is 10.6. The Morgan fingerprint density at radius 3 is 1.61 bits per heavy atom. The van der Waals surface area contributed by atoms with Crippen LogP contribution >= 0.6 is 0 Å². The average molecular weight is 248 g/mol. The Bertz CT molecular complexity index is 436. The number of H-pyrrole nitrogens is 2. The van der Waals surface area contributed by atoms with Crippen molar-refractivity contribution in [1.82, 2.24) is 30.4 Å². The molecular weight excluding hydrogens is 232 g/mol. The van der Waals surface area contributed by atoms with Crippen LogP contribution in [-0.4, -0.2) is 49.0 Å². The molecule has 0 aliphatic carbocycles. The molecule has 0 bridgehead atoms. The number of rotatable bonds is 0. The summed E-state index contributed by atoms with van der Waals surface area (Å²) in [7, 11) is 0. The number of hydrogen-bond donors (Lipinski definition) is 2. The third-order valence-electron chi connectivity index (χ3n) is 1.75. The van der Waals surface area contributed by atoms with Crippen molar-refractivity contribution in [3.8, 4) is 0 Å². The molecule has 0 amide bonds. The first kappa shape index (κ1) is 13.7. The van der Waals surface area contributed by atoms with Gasteiger partial charge >= 0.3 is 0 Å². The van der Waals surface area contributed by atoms with Crippen molar-refractivity contribution in [1.29, 1.82) is 0 Å². The molecule has 1 aliphatic heterocycles. The first-order valence-electron chi connectivity index (χ1n) is 5.34. The summed E-state index contributed by atoms with van der Waals surface area (Å²) in [5, 5.41) is 12.4. The molecule has 8 nitrogen and oxygen atoms in total. The first-order chi connectivity index (χ1) is 8.68.